The van der Waals surface area contributed by atoms with E-state index in [1.807, 2.05) is 13.8 Å². The molecule has 6 heteroatoms. The third-order valence-corrected chi connectivity index (χ3v) is 4.94. The number of amides is 1. The Bertz CT molecular complexity index is 482. The summed E-state index contributed by atoms with van der Waals surface area (Å²) in [5, 5.41) is 17.0. The van der Waals surface area contributed by atoms with Crippen LogP contribution in [0.1, 0.15) is 44.5 Å². The third-order valence-electron chi connectivity index (χ3n) is 4.39. The Morgan fingerprint density at radius 1 is 1.38 bits per heavy atom. The highest BCUT2D eigenvalue weighted by atomic mass is 35.5. The Kier molecular flexibility index (Phi) is 6.68. The van der Waals surface area contributed by atoms with Crippen LogP contribution in [0.3, 0.4) is 0 Å². The van der Waals surface area contributed by atoms with Crippen molar-refractivity contribution in [2.45, 2.75) is 53.5 Å². The number of aryl methyl sites for hydroxylation is 1. The highest BCUT2D eigenvalue weighted by molar-refractivity contribution is 6.31. The van der Waals surface area contributed by atoms with Gasteiger partial charge in [-0.25, -0.2) is 0 Å². The minimum Gasteiger partial charge on any atom is -0.396 e. The van der Waals surface area contributed by atoms with Crippen LogP contribution >= 0.6 is 11.6 Å². The minimum absolute atomic E-state index is 0.0306. The van der Waals surface area contributed by atoms with Crippen LogP contribution in [0.25, 0.3) is 0 Å². The van der Waals surface area contributed by atoms with Gasteiger partial charge < -0.3 is 10.4 Å². The highest BCUT2D eigenvalue weighted by Gasteiger charge is 2.26. The first kappa shape index (κ1) is 18.0. The maximum atomic E-state index is 12.1. The summed E-state index contributed by atoms with van der Waals surface area (Å²) in [7, 11) is 0. The first-order valence-corrected chi connectivity index (χ1v) is 7.84. The topological polar surface area (TPSA) is 67.2 Å². The fraction of sp³-hybridized carbons (Fsp3) is 0.733. The van der Waals surface area contributed by atoms with Gasteiger partial charge in [0.2, 0.25) is 5.91 Å². The van der Waals surface area contributed by atoms with Gasteiger partial charge in [0.25, 0.3) is 0 Å². The first-order valence-electron chi connectivity index (χ1n) is 7.46. The van der Waals surface area contributed by atoms with Crippen LogP contribution in [-0.4, -0.2) is 33.9 Å². The summed E-state index contributed by atoms with van der Waals surface area (Å²) in [4.78, 5) is 12.1. The maximum Gasteiger partial charge on any atom is 0.241 e. The summed E-state index contributed by atoms with van der Waals surface area (Å²) >= 11 is 6.07. The third kappa shape index (κ3) is 4.45. The predicted molar refractivity (Wildman–Crippen MR) is 84.4 cm³/mol. The van der Waals surface area contributed by atoms with Crippen LogP contribution in [0.15, 0.2) is 0 Å². The van der Waals surface area contributed by atoms with Crippen LogP contribution in [0.4, 0.5) is 0 Å². The van der Waals surface area contributed by atoms with Crippen molar-refractivity contribution in [1.82, 2.24) is 15.1 Å². The van der Waals surface area contributed by atoms with E-state index >= 15 is 0 Å². The summed E-state index contributed by atoms with van der Waals surface area (Å²) in [5.74, 6) is -0.0820. The van der Waals surface area contributed by atoms with E-state index in [2.05, 4.69) is 24.3 Å². The number of rotatable bonds is 8. The number of carbonyl (C=O) groups is 1. The number of nitrogens with zero attached hydrogens (tertiary/aromatic N) is 2. The number of halogens is 1. The fourth-order valence-electron chi connectivity index (χ4n) is 2.49. The van der Waals surface area contributed by atoms with E-state index in [4.69, 9.17) is 11.6 Å². The maximum absolute atomic E-state index is 12.1. The van der Waals surface area contributed by atoms with Crippen molar-refractivity contribution in [3.8, 4) is 0 Å². The van der Waals surface area contributed by atoms with E-state index in [0.717, 1.165) is 24.2 Å². The summed E-state index contributed by atoms with van der Waals surface area (Å²) in [6.07, 6.45) is 2.55. The quantitative estimate of drug-likeness (QED) is 0.774. The molecule has 21 heavy (non-hydrogen) atoms. The minimum atomic E-state index is -0.0820. The van der Waals surface area contributed by atoms with Crippen molar-refractivity contribution in [2.75, 3.05) is 13.2 Å². The van der Waals surface area contributed by atoms with Gasteiger partial charge in [-0.2, -0.15) is 5.10 Å². The molecule has 0 bridgehead atoms. The molecule has 0 atom stereocenters. The van der Waals surface area contributed by atoms with Gasteiger partial charge in [0.05, 0.1) is 16.4 Å². The molecular weight excluding hydrogens is 290 g/mol. The lowest BCUT2D eigenvalue weighted by Crippen LogP contribution is -2.39. The van der Waals surface area contributed by atoms with Gasteiger partial charge in [-0.15, -0.1) is 0 Å². The van der Waals surface area contributed by atoms with Gasteiger partial charge in [0.1, 0.15) is 6.54 Å². The molecule has 5 nitrogen and oxygen atoms in total. The summed E-state index contributed by atoms with van der Waals surface area (Å²) in [5.41, 5.74) is 1.51. The number of hydrogen-bond acceptors (Lipinski definition) is 3. The molecule has 0 radical (unpaired) electrons. The second-order valence-electron chi connectivity index (χ2n) is 5.60. The molecule has 0 fully saturated rings. The van der Waals surface area contributed by atoms with Crippen molar-refractivity contribution in [2.24, 2.45) is 5.41 Å². The number of aromatic nitrogens is 2. The molecule has 1 aromatic heterocycles. The summed E-state index contributed by atoms with van der Waals surface area (Å²) in [6.45, 7) is 8.74. The Labute approximate surface area is 131 Å². The molecule has 0 aromatic carbocycles. The van der Waals surface area contributed by atoms with Crippen molar-refractivity contribution < 1.29 is 9.90 Å². The number of aliphatic hydroxyl groups excluding tert-OH is 1. The SMILES string of the molecule is CCC(CC)(CCO)CNC(=O)Cn1nc(C)c(Cl)c1C. The van der Waals surface area contributed by atoms with Crippen LogP contribution in [0.2, 0.25) is 5.02 Å². The Morgan fingerprint density at radius 2 is 2.00 bits per heavy atom. The van der Waals surface area contributed by atoms with Crippen molar-refractivity contribution in [3.63, 3.8) is 0 Å². The van der Waals surface area contributed by atoms with Crippen LogP contribution in [-0.2, 0) is 11.3 Å². The Balaban J connectivity index is 2.63. The summed E-state index contributed by atoms with van der Waals surface area (Å²) < 4.78 is 1.62. The van der Waals surface area contributed by atoms with E-state index in [1.165, 1.54) is 0 Å². The standard InChI is InChI=1S/C15H26ClN3O2/c1-5-15(6-2,7-8-20)10-17-13(21)9-19-12(4)14(16)11(3)18-19/h20H,5-10H2,1-4H3,(H,17,21). The van der Waals surface area contributed by atoms with Gasteiger partial charge in [0, 0.05) is 13.2 Å². The van der Waals surface area contributed by atoms with Crippen molar-refractivity contribution in [3.05, 3.63) is 16.4 Å². The molecule has 0 unspecified atom stereocenters. The molecule has 0 aliphatic rings. The molecule has 0 saturated heterocycles. The number of carbonyl (C=O) groups excluding carboxylic acids is 1. The normalized spacial score (nSPS) is 11.7. The molecule has 120 valence electrons. The predicted octanol–water partition coefficient (Wildman–Crippen LogP) is 2.46. The molecule has 1 heterocycles. The molecule has 2 N–H and O–H groups in total. The average molecular weight is 316 g/mol. The van der Waals surface area contributed by atoms with E-state index in [9.17, 15) is 9.90 Å². The van der Waals surface area contributed by atoms with Gasteiger partial charge in [-0.1, -0.05) is 25.4 Å². The first-order chi connectivity index (χ1) is 9.89. The lowest BCUT2D eigenvalue weighted by molar-refractivity contribution is -0.122. The van der Waals surface area contributed by atoms with Crippen LogP contribution < -0.4 is 5.32 Å². The average Bonchev–Trinajstić information content (AvgIpc) is 2.71. The molecule has 0 aliphatic heterocycles. The van der Waals surface area contributed by atoms with Crippen molar-refractivity contribution in [1.29, 1.82) is 0 Å². The van der Waals surface area contributed by atoms with Gasteiger partial charge in [-0.3, -0.25) is 9.48 Å². The second-order valence-corrected chi connectivity index (χ2v) is 5.98. The molecule has 0 spiro atoms. The fourth-order valence-corrected chi connectivity index (χ4v) is 2.62. The smallest absolute Gasteiger partial charge is 0.241 e. The lowest BCUT2D eigenvalue weighted by Gasteiger charge is -2.31. The van der Waals surface area contributed by atoms with E-state index in [-0.39, 0.29) is 24.5 Å². The number of aliphatic hydroxyl groups is 1. The molecular formula is C15H26ClN3O2. The molecule has 1 aromatic rings. The molecule has 1 rings (SSSR count). The zero-order valence-corrected chi connectivity index (χ0v) is 14.1. The number of nitrogens with one attached hydrogen (secondary N) is 1. The van der Waals surface area contributed by atoms with Gasteiger partial charge >= 0.3 is 0 Å². The van der Waals surface area contributed by atoms with E-state index < -0.39 is 0 Å². The van der Waals surface area contributed by atoms with E-state index in [0.29, 0.717) is 18.0 Å². The van der Waals surface area contributed by atoms with Gasteiger partial charge in [0.15, 0.2) is 0 Å². The monoisotopic (exact) mass is 315 g/mol. The zero-order valence-electron chi connectivity index (χ0n) is 13.4. The van der Waals surface area contributed by atoms with E-state index in [1.54, 1.807) is 4.68 Å². The molecule has 1 amide bonds. The number of hydrogen-bond donors (Lipinski definition) is 2. The van der Waals surface area contributed by atoms with Crippen molar-refractivity contribution >= 4 is 17.5 Å². The molecule has 0 saturated carbocycles. The summed E-state index contributed by atoms with van der Waals surface area (Å²) in [6, 6.07) is 0. The Morgan fingerprint density at radius 3 is 2.43 bits per heavy atom. The van der Waals surface area contributed by atoms with Gasteiger partial charge in [-0.05, 0) is 38.5 Å². The lowest BCUT2D eigenvalue weighted by atomic mass is 9.79. The Hall–Kier alpha value is -1.07. The van der Waals surface area contributed by atoms with Crippen LogP contribution in [0.5, 0.6) is 0 Å². The highest BCUT2D eigenvalue weighted by Crippen LogP contribution is 2.29. The molecule has 0 aliphatic carbocycles. The zero-order chi connectivity index (χ0) is 16.0. The van der Waals surface area contributed by atoms with Crippen LogP contribution in [0, 0.1) is 19.3 Å². The second kappa shape index (κ2) is 7.80. The largest absolute Gasteiger partial charge is 0.396 e.